The van der Waals surface area contributed by atoms with Crippen LogP contribution in [0.1, 0.15) is 12.5 Å². The van der Waals surface area contributed by atoms with Crippen molar-refractivity contribution in [3.8, 4) is 0 Å². The molecule has 0 N–H and O–H groups in total. The summed E-state index contributed by atoms with van der Waals surface area (Å²) in [6.07, 6.45) is 6.93. The van der Waals surface area contributed by atoms with E-state index in [9.17, 15) is 0 Å². The molecule has 0 spiro atoms. The van der Waals surface area contributed by atoms with Gasteiger partial charge in [-0.15, -0.1) is 0 Å². The predicted molar refractivity (Wildman–Crippen MR) is 133 cm³/mol. The van der Waals surface area contributed by atoms with E-state index in [4.69, 9.17) is 0 Å². The van der Waals surface area contributed by atoms with Gasteiger partial charge in [0.2, 0.25) is 0 Å². The summed E-state index contributed by atoms with van der Waals surface area (Å²) >= 11 is 0. The third kappa shape index (κ3) is 4.53. The normalized spacial score (nSPS) is 13.2. The number of nitrogens with zero attached hydrogens (tertiary/aromatic N) is 1. The van der Waals surface area contributed by atoms with Crippen molar-refractivity contribution in [1.29, 1.82) is 0 Å². The van der Waals surface area contributed by atoms with Crippen LogP contribution in [0.3, 0.4) is 0 Å². The molecule has 3 rings (SSSR count). The maximum absolute atomic E-state index is 4.17. The molecule has 28 heavy (non-hydrogen) atoms. The molecule has 0 saturated heterocycles. The van der Waals surface area contributed by atoms with Gasteiger partial charge in [-0.25, -0.2) is 10.0 Å². The fraction of sp³-hybridized carbons (Fsp3) is 0.240. The Balaban J connectivity index is 2.06. The lowest BCUT2D eigenvalue weighted by molar-refractivity contribution is 1.25. The average molecular weight is 410 g/mol. The van der Waals surface area contributed by atoms with Crippen LogP contribution >= 0.6 is 20.5 Å². The van der Waals surface area contributed by atoms with E-state index >= 15 is 0 Å². The van der Waals surface area contributed by atoms with Crippen molar-refractivity contribution >= 4 is 43.4 Å². The minimum atomic E-state index is -0.715. The van der Waals surface area contributed by atoms with E-state index in [0.717, 1.165) is 0 Å². The Morgan fingerprint density at radius 1 is 0.786 bits per heavy atom. The summed E-state index contributed by atoms with van der Waals surface area (Å²) in [4.78, 5) is 5.08. The first kappa shape index (κ1) is 20.8. The number of hydrogen-bond donors (Lipinski definition) is 0. The van der Waals surface area contributed by atoms with Crippen LogP contribution < -0.4 is 4.90 Å². The third-order valence-corrected chi connectivity index (χ3v) is 9.31. The van der Waals surface area contributed by atoms with Crippen LogP contribution in [0.2, 0.25) is 0 Å². The third-order valence-electron chi connectivity index (χ3n) is 5.24. The molecule has 1 nitrogen and oxygen atoms in total. The van der Waals surface area contributed by atoms with Gasteiger partial charge in [0.1, 0.15) is 0 Å². The second-order valence-electron chi connectivity index (χ2n) is 7.62. The van der Waals surface area contributed by atoms with Gasteiger partial charge in [-0.3, -0.25) is 0 Å². The highest BCUT2D eigenvalue weighted by molar-refractivity contribution is 8.32. The van der Waals surface area contributed by atoms with E-state index < -0.39 is 10.0 Å². The Kier molecular flexibility index (Phi) is 6.36. The van der Waals surface area contributed by atoms with Gasteiger partial charge in [0.05, 0.1) is 0 Å². The SMILES string of the molecule is C=S(C)c1ccc(N(c2ccc(C)cc2)c2ccc(S(C)(C)CC)cc2)cc1. The zero-order valence-electron chi connectivity index (χ0n) is 17.6. The van der Waals surface area contributed by atoms with Crippen molar-refractivity contribution in [1.82, 2.24) is 0 Å². The molecule has 3 aromatic rings. The van der Waals surface area contributed by atoms with Gasteiger partial charge in [-0.05, 0) is 97.0 Å². The molecule has 0 heterocycles. The Labute approximate surface area is 174 Å². The highest BCUT2D eigenvalue weighted by atomic mass is 32.3. The van der Waals surface area contributed by atoms with E-state index in [-0.39, 0.29) is 10.5 Å². The summed E-state index contributed by atoms with van der Waals surface area (Å²) in [5, 5.41) is 0. The van der Waals surface area contributed by atoms with Gasteiger partial charge < -0.3 is 4.90 Å². The van der Waals surface area contributed by atoms with Crippen molar-refractivity contribution in [2.24, 2.45) is 0 Å². The Morgan fingerprint density at radius 2 is 1.21 bits per heavy atom. The lowest BCUT2D eigenvalue weighted by Crippen LogP contribution is -2.10. The molecule has 0 aromatic heterocycles. The molecule has 148 valence electrons. The molecule has 0 aliphatic heterocycles. The van der Waals surface area contributed by atoms with Gasteiger partial charge >= 0.3 is 0 Å². The van der Waals surface area contributed by atoms with Crippen LogP contribution in [0.15, 0.2) is 82.6 Å². The van der Waals surface area contributed by atoms with Crippen molar-refractivity contribution in [3.05, 3.63) is 78.4 Å². The van der Waals surface area contributed by atoms with E-state index in [2.05, 4.69) is 116 Å². The van der Waals surface area contributed by atoms with E-state index in [0.29, 0.717) is 0 Å². The fourth-order valence-corrected chi connectivity index (χ4v) is 4.91. The van der Waals surface area contributed by atoms with E-state index in [1.54, 1.807) is 0 Å². The second kappa shape index (κ2) is 8.59. The van der Waals surface area contributed by atoms with Crippen molar-refractivity contribution in [3.63, 3.8) is 0 Å². The minimum absolute atomic E-state index is 0.0275. The van der Waals surface area contributed by atoms with Crippen molar-refractivity contribution in [2.45, 2.75) is 23.6 Å². The first-order valence-electron chi connectivity index (χ1n) is 9.55. The maximum atomic E-state index is 4.17. The minimum Gasteiger partial charge on any atom is -0.311 e. The maximum Gasteiger partial charge on any atom is 0.0462 e. The second-order valence-corrected chi connectivity index (χ2v) is 13.5. The highest BCUT2D eigenvalue weighted by Gasteiger charge is 2.15. The van der Waals surface area contributed by atoms with Crippen LogP contribution in [-0.2, 0) is 0 Å². The average Bonchev–Trinajstić information content (AvgIpc) is 2.70. The number of rotatable bonds is 6. The molecule has 0 aliphatic rings. The van der Waals surface area contributed by atoms with Crippen LogP contribution in [0, 0.1) is 6.92 Å². The topological polar surface area (TPSA) is 3.24 Å². The summed E-state index contributed by atoms with van der Waals surface area (Å²) in [6, 6.07) is 26.7. The molecule has 0 aliphatic carbocycles. The van der Waals surface area contributed by atoms with Crippen LogP contribution in [0.5, 0.6) is 0 Å². The molecule has 0 saturated carbocycles. The lowest BCUT2D eigenvalue weighted by atomic mass is 10.1. The lowest BCUT2D eigenvalue weighted by Gasteiger charge is -2.31. The largest absolute Gasteiger partial charge is 0.311 e. The molecular weight excluding hydrogens is 378 g/mol. The van der Waals surface area contributed by atoms with Crippen LogP contribution in [0.4, 0.5) is 17.1 Å². The zero-order valence-corrected chi connectivity index (χ0v) is 19.2. The monoisotopic (exact) mass is 409 g/mol. The Bertz CT molecular complexity index is 939. The smallest absolute Gasteiger partial charge is 0.0462 e. The summed E-state index contributed by atoms with van der Waals surface area (Å²) in [6.45, 7) is 4.41. The molecule has 3 aromatic carbocycles. The summed E-state index contributed by atoms with van der Waals surface area (Å²) in [5.41, 5.74) is 4.82. The van der Waals surface area contributed by atoms with Gasteiger partial charge in [-0.1, -0.05) is 30.5 Å². The van der Waals surface area contributed by atoms with Gasteiger partial charge in [-0.2, -0.15) is 10.5 Å². The van der Waals surface area contributed by atoms with Gasteiger partial charge in [0.25, 0.3) is 0 Å². The zero-order chi connectivity index (χ0) is 20.3. The summed E-state index contributed by atoms with van der Waals surface area (Å²) in [7, 11) is -0.688. The van der Waals surface area contributed by atoms with Crippen LogP contribution in [0.25, 0.3) is 0 Å². The molecule has 0 bridgehead atoms. The number of hydrogen-bond acceptors (Lipinski definition) is 1. The molecule has 0 amide bonds. The fourth-order valence-electron chi connectivity index (χ4n) is 3.10. The molecule has 0 fully saturated rings. The quantitative estimate of drug-likeness (QED) is 0.379. The number of benzene rings is 3. The standard InChI is InChI=1S/C25H31NS2/c1-7-28(5,6)25-18-14-23(15-19-25)26(21-10-8-20(2)9-11-21)22-12-16-24(17-13-22)27(3)4/h8-19H,3,7H2,1-2,4-6H3. The number of anilines is 3. The molecule has 0 radical (unpaired) electrons. The Morgan fingerprint density at radius 3 is 1.64 bits per heavy atom. The highest BCUT2D eigenvalue weighted by Crippen LogP contribution is 2.49. The number of aryl methyl sites for hydroxylation is 1. The first-order chi connectivity index (χ1) is 13.3. The van der Waals surface area contributed by atoms with Gasteiger partial charge in [0.15, 0.2) is 0 Å². The first-order valence-corrected chi connectivity index (χ1v) is 14.0. The van der Waals surface area contributed by atoms with E-state index in [1.807, 2.05) is 0 Å². The summed E-state index contributed by atoms with van der Waals surface area (Å²) in [5.74, 6) is 5.37. The Hall–Kier alpha value is -1.97. The molecule has 1 atom stereocenters. The molecule has 1 unspecified atom stereocenters. The molecule has 3 heteroatoms. The van der Waals surface area contributed by atoms with Crippen molar-refractivity contribution in [2.75, 3.05) is 29.4 Å². The summed E-state index contributed by atoms with van der Waals surface area (Å²) < 4.78 is 0. The van der Waals surface area contributed by atoms with Crippen LogP contribution in [-0.4, -0.2) is 30.4 Å². The van der Waals surface area contributed by atoms with Gasteiger partial charge in [0, 0.05) is 22.0 Å². The van der Waals surface area contributed by atoms with E-state index in [1.165, 1.54) is 38.2 Å². The van der Waals surface area contributed by atoms with Crippen molar-refractivity contribution < 1.29 is 0 Å². The predicted octanol–water partition coefficient (Wildman–Crippen LogP) is 7.60. The molecular formula is C25H31NS2.